The fourth-order valence-corrected chi connectivity index (χ4v) is 1.96. The monoisotopic (exact) mass is 290 g/mol. The number of para-hydroxylation sites is 1. The molecule has 110 valence electrons. The van der Waals surface area contributed by atoms with Crippen molar-refractivity contribution in [2.24, 2.45) is 0 Å². The quantitative estimate of drug-likeness (QED) is 0.830. The van der Waals surface area contributed by atoms with Gasteiger partial charge in [0.1, 0.15) is 18.2 Å². The lowest BCUT2D eigenvalue weighted by atomic mass is 10.0. The zero-order valence-electron chi connectivity index (χ0n) is 11.5. The van der Waals surface area contributed by atoms with Gasteiger partial charge in [0, 0.05) is 18.2 Å². The molecule has 0 saturated carbocycles. The van der Waals surface area contributed by atoms with Crippen LogP contribution in [-0.4, -0.2) is 31.4 Å². The molecule has 0 aromatic heterocycles. The van der Waals surface area contributed by atoms with Crippen LogP contribution in [-0.2, 0) is 4.74 Å². The minimum absolute atomic E-state index is 0.197. The van der Waals surface area contributed by atoms with Crippen LogP contribution in [0.5, 0.6) is 5.75 Å². The average molecular weight is 290 g/mol. The number of hydrogen-bond donors (Lipinski definition) is 1. The molecule has 2 rings (SSSR count). The maximum atomic E-state index is 14.3. The second-order valence-corrected chi connectivity index (χ2v) is 4.31. The lowest BCUT2D eigenvalue weighted by Crippen LogP contribution is -2.06. The van der Waals surface area contributed by atoms with Gasteiger partial charge in [-0.2, -0.15) is 0 Å². The van der Waals surface area contributed by atoms with Crippen LogP contribution < -0.4 is 4.74 Å². The Morgan fingerprint density at radius 1 is 1.10 bits per heavy atom. The van der Waals surface area contributed by atoms with Crippen LogP contribution in [0.2, 0.25) is 0 Å². The topological polar surface area (TPSA) is 55.8 Å². The zero-order chi connectivity index (χ0) is 15.2. The van der Waals surface area contributed by atoms with E-state index in [1.807, 2.05) is 0 Å². The highest BCUT2D eigenvalue weighted by molar-refractivity contribution is 5.90. The molecule has 5 heteroatoms. The van der Waals surface area contributed by atoms with Crippen LogP contribution >= 0.6 is 0 Å². The third kappa shape index (κ3) is 3.38. The highest BCUT2D eigenvalue weighted by atomic mass is 19.1. The van der Waals surface area contributed by atoms with Gasteiger partial charge in [-0.3, -0.25) is 0 Å². The first kappa shape index (κ1) is 15.0. The molecular weight excluding hydrogens is 275 g/mol. The molecule has 0 bridgehead atoms. The number of hydrogen-bond acceptors (Lipinski definition) is 3. The van der Waals surface area contributed by atoms with Crippen molar-refractivity contribution in [2.75, 3.05) is 20.3 Å². The molecule has 1 N–H and O–H groups in total. The van der Waals surface area contributed by atoms with Gasteiger partial charge in [-0.1, -0.05) is 30.3 Å². The molecule has 0 atom stereocenters. The van der Waals surface area contributed by atoms with Crippen LogP contribution in [0.3, 0.4) is 0 Å². The number of halogens is 1. The Morgan fingerprint density at radius 2 is 1.81 bits per heavy atom. The van der Waals surface area contributed by atoms with Gasteiger partial charge < -0.3 is 14.6 Å². The number of carboxylic acid groups (broad SMARTS) is 1. The number of methoxy groups -OCH3 is 1. The number of aromatic carboxylic acids is 1. The first-order valence-corrected chi connectivity index (χ1v) is 6.38. The van der Waals surface area contributed by atoms with Gasteiger partial charge in [0.15, 0.2) is 0 Å². The van der Waals surface area contributed by atoms with Crippen molar-refractivity contribution in [1.29, 1.82) is 0 Å². The van der Waals surface area contributed by atoms with Gasteiger partial charge >= 0.3 is 5.97 Å². The summed E-state index contributed by atoms with van der Waals surface area (Å²) in [5, 5.41) is 8.99. The van der Waals surface area contributed by atoms with Crippen molar-refractivity contribution in [2.45, 2.75) is 0 Å². The Hall–Kier alpha value is -2.40. The maximum absolute atomic E-state index is 14.3. The summed E-state index contributed by atoms with van der Waals surface area (Å²) in [6, 6.07) is 11.2. The van der Waals surface area contributed by atoms with Crippen molar-refractivity contribution >= 4 is 5.97 Å². The standard InChI is InChI=1S/C16H15FO4/c1-20-9-10-21-14-8-3-2-5-11(14)12-6-4-7-13(15(12)17)16(18)19/h2-8H,9-10H2,1H3,(H,18,19). The number of benzene rings is 2. The van der Waals surface area contributed by atoms with E-state index in [1.165, 1.54) is 18.2 Å². The van der Waals surface area contributed by atoms with E-state index in [1.54, 1.807) is 31.4 Å². The average Bonchev–Trinajstić information content (AvgIpc) is 2.48. The van der Waals surface area contributed by atoms with E-state index < -0.39 is 11.8 Å². The second kappa shape index (κ2) is 6.85. The smallest absolute Gasteiger partial charge is 0.338 e. The van der Waals surface area contributed by atoms with Crippen molar-refractivity contribution in [3.63, 3.8) is 0 Å². The lowest BCUT2D eigenvalue weighted by Gasteiger charge is -2.12. The highest BCUT2D eigenvalue weighted by Gasteiger charge is 2.17. The molecule has 0 fully saturated rings. The van der Waals surface area contributed by atoms with E-state index in [9.17, 15) is 9.18 Å². The van der Waals surface area contributed by atoms with E-state index in [2.05, 4.69) is 0 Å². The summed E-state index contributed by atoms with van der Waals surface area (Å²) < 4.78 is 24.8. The van der Waals surface area contributed by atoms with E-state index in [0.29, 0.717) is 24.5 Å². The van der Waals surface area contributed by atoms with E-state index >= 15 is 0 Å². The molecular formula is C16H15FO4. The Balaban J connectivity index is 2.42. The zero-order valence-corrected chi connectivity index (χ0v) is 11.5. The summed E-state index contributed by atoms with van der Waals surface area (Å²) in [5.74, 6) is -1.59. The van der Waals surface area contributed by atoms with Gasteiger partial charge in [-0.25, -0.2) is 9.18 Å². The van der Waals surface area contributed by atoms with E-state index in [0.717, 1.165) is 0 Å². The predicted molar refractivity (Wildman–Crippen MR) is 76.2 cm³/mol. The normalized spacial score (nSPS) is 10.4. The van der Waals surface area contributed by atoms with Crippen molar-refractivity contribution in [1.82, 2.24) is 0 Å². The van der Waals surface area contributed by atoms with Gasteiger partial charge in [-0.05, 0) is 12.1 Å². The Labute approximate surface area is 121 Å². The third-order valence-electron chi connectivity index (χ3n) is 2.95. The minimum atomic E-state index is -1.30. The third-order valence-corrected chi connectivity index (χ3v) is 2.95. The van der Waals surface area contributed by atoms with Crippen LogP contribution in [0, 0.1) is 5.82 Å². The van der Waals surface area contributed by atoms with Gasteiger partial charge in [0.2, 0.25) is 0 Å². The Kier molecular flexibility index (Phi) is 4.90. The summed E-state index contributed by atoms with van der Waals surface area (Å²) >= 11 is 0. The van der Waals surface area contributed by atoms with Crippen LogP contribution in [0.1, 0.15) is 10.4 Å². The highest BCUT2D eigenvalue weighted by Crippen LogP contribution is 2.32. The summed E-state index contributed by atoms with van der Waals surface area (Å²) in [7, 11) is 1.56. The summed E-state index contributed by atoms with van der Waals surface area (Å²) in [5.41, 5.74) is 0.344. The summed E-state index contributed by atoms with van der Waals surface area (Å²) in [6.07, 6.45) is 0. The van der Waals surface area contributed by atoms with Crippen molar-refractivity contribution < 1.29 is 23.8 Å². The minimum Gasteiger partial charge on any atom is -0.491 e. The summed E-state index contributed by atoms with van der Waals surface area (Å²) in [6.45, 7) is 0.736. The molecule has 0 heterocycles. The molecule has 0 amide bonds. The van der Waals surface area contributed by atoms with Crippen LogP contribution in [0.15, 0.2) is 42.5 Å². The first-order chi connectivity index (χ1) is 10.1. The SMILES string of the molecule is COCCOc1ccccc1-c1cccc(C(=O)O)c1F. The molecule has 4 nitrogen and oxygen atoms in total. The molecule has 0 spiro atoms. The molecule has 0 radical (unpaired) electrons. The molecule has 0 saturated heterocycles. The van der Waals surface area contributed by atoms with Gasteiger partial charge in [-0.15, -0.1) is 0 Å². The second-order valence-electron chi connectivity index (χ2n) is 4.31. The predicted octanol–water partition coefficient (Wildman–Crippen LogP) is 3.22. The van der Waals surface area contributed by atoms with Crippen LogP contribution in [0.4, 0.5) is 4.39 Å². The van der Waals surface area contributed by atoms with E-state index in [-0.39, 0.29) is 11.1 Å². The molecule has 2 aromatic carbocycles. The first-order valence-electron chi connectivity index (χ1n) is 6.38. The number of ether oxygens (including phenoxy) is 2. The van der Waals surface area contributed by atoms with Gasteiger partial charge in [0.25, 0.3) is 0 Å². The van der Waals surface area contributed by atoms with Gasteiger partial charge in [0.05, 0.1) is 12.2 Å². The molecule has 0 aliphatic rings. The fraction of sp³-hybridized carbons (Fsp3) is 0.188. The van der Waals surface area contributed by atoms with Crippen LogP contribution in [0.25, 0.3) is 11.1 Å². The molecule has 2 aromatic rings. The molecule has 0 aliphatic carbocycles. The van der Waals surface area contributed by atoms with Crippen molar-refractivity contribution in [3.8, 4) is 16.9 Å². The Bertz CT molecular complexity index is 640. The molecule has 21 heavy (non-hydrogen) atoms. The fourth-order valence-electron chi connectivity index (χ4n) is 1.96. The van der Waals surface area contributed by atoms with Crippen molar-refractivity contribution in [3.05, 3.63) is 53.8 Å². The number of rotatable bonds is 6. The molecule has 0 aliphatic heterocycles. The lowest BCUT2D eigenvalue weighted by molar-refractivity contribution is 0.0692. The number of carboxylic acids is 1. The summed E-state index contributed by atoms with van der Waals surface area (Å²) in [4.78, 5) is 11.0. The number of carbonyl (C=O) groups is 1. The Morgan fingerprint density at radius 3 is 2.52 bits per heavy atom. The molecule has 0 unspecified atom stereocenters. The van der Waals surface area contributed by atoms with E-state index in [4.69, 9.17) is 14.6 Å². The maximum Gasteiger partial charge on any atom is 0.338 e. The largest absolute Gasteiger partial charge is 0.491 e.